The third-order valence-electron chi connectivity index (χ3n) is 3.40. The lowest BCUT2D eigenvalue weighted by Crippen LogP contribution is -2.44. The quantitative estimate of drug-likeness (QED) is 0.664. The van der Waals surface area contributed by atoms with Crippen LogP contribution >= 0.6 is 0 Å². The molecule has 15 heavy (non-hydrogen) atoms. The van der Waals surface area contributed by atoms with Crippen LogP contribution in [0.1, 0.15) is 46.5 Å². The summed E-state index contributed by atoms with van der Waals surface area (Å²) in [5.74, 6) is 0.914. The smallest absolute Gasteiger partial charge is 0.0480 e. The van der Waals surface area contributed by atoms with E-state index < -0.39 is 0 Å². The number of hydrogen-bond acceptors (Lipinski definition) is 2. The van der Waals surface area contributed by atoms with Gasteiger partial charge < -0.3 is 4.74 Å². The lowest BCUT2D eigenvalue weighted by molar-refractivity contribution is 0.0195. The maximum atomic E-state index is 5.39. The van der Waals surface area contributed by atoms with Crippen LogP contribution in [0.25, 0.3) is 0 Å². The van der Waals surface area contributed by atoms with Gasteiger partial charge in [0, 0.05) is 25.8 Å². The maximum Gasteiger partial charge on any atom is 0.0480 e. The van der Waals surface area contributed by atoms with Crippen molar-refractivity contribution in [3.05, 3.63) is 0 Å². The van der Waals surface area contributed by atoms with Crippen LogP contribution in [0.3, 0.4) is 0 Å². The Hall–Kier alpha value is -0.0800. The van der Waals surface area contributed by atoms with Crippen LogP contribution < -0.4 is 0 Å². The highest BCUT2D eigenvalue weighted by molar-refractivity contribution is 4.79. The minimum Gasteiger partial charge on any atom is -0.381 e. The lowest BCUT2D eigenvalue weighted by Gasteiger charge is -2.39. The van der Waals surface area contributed by atoms with E-state index in [9.17, 15) is 0 Å². The molecule has 2 heteroatoms. The van der Waals surface area contributed by atoms with Crippen molar-refractivity contribution in [2.24, 2.45) is 5.92 Å². The summed E-state index contributed by atoms with van der Waals surface area (Å²) >= 11 is 0. The van der Waals surface area contributed by atoms with E-state index in [2.05, 4.69) is 11.8 Å². The minimum atomic E-state index is 0.830. The molecule has 0 radical (unpaired) electrons. The molecule has 0 bridgehead atoms. The van der Waals surface area contributed by atoms with Crippen molar-refractivity contribution in [2.45, 2.75) is 52.5 Å². The SMILES string of the molecule is CC.CC1CCCN(C2CCOCC2)C1. The molecule has 0 amide bonds. The van der Waals surface area contributed by atoms with Gasteiger partial charge in [0.1, 0.15) is 0 Å². The Bertz CT molecular complexity index is 155. The maximum absolute atomic E-state index is 5.39. The second-order valence-corrected chi connectivity index (χ2v) is 4.59. The summed E-state index contributed by atoms with van der Waals surface area (Å²) in [6.45, 7) is 11.0. The third-order valence-corrected chi connectivity index (χ3v) is 3.40. The van der Waals surface area contributed by atoms with Crippen molar-refractivity contribution >= 4 is 0 Å². The molecule has 0 saturated carbocycles. The van der Waals surface area contributed by atoms with Crippen LogP contribution in [-0.2, 0) is 4.74 Å². The Labute approximate surface area is 95.0 Å². The highest BCUT2D eigenvalue weighted by atomic mass is 16.5. The monoisotopic (exact) mass is 213 g/mol. The summed E-state index contributed by atoms with van der Waals surface area (Å²) in [7, 11) is 0. The normalized spacial score (nSPS) is 29.4. The van der Waals surface area contributed by atoms with Crippen molar-refractivity contribution in [3.8, 4) is 0 Å². The van der Waals surface area contributed by atoms with Crippen molar-refractivity contribution in [3.63, 3.8) is 0 Å². The predicted octanol–water partition coefficient (Wildman–Crippen LogP) is 2.92. The fourth-order valence-corrected chi connectivity index (χ4v) is 2.61. The molecule has 90 valence electrons. The van der Waals surface area contributed by atoms with E-state index in [0.29, 0.717) is 0 Å². The van der Waals surface area contributed by atoms with E-state index in [0.717, 1.165) is 25.2 Å². The summed E-state index contributed by atoms with van der Waals surface area (Å²) in [6.07, 6.45) is 5.34. The molecule has 1 atom stereocenters. The van der Waals surface area contributed by atoms with E-state index >= 15 is 0 Å². The number of piperidine rings is 1. The number of likely N-dealkylation sites (tertiary alicyclic amines) is 1. The zero-order chi connectivity index (χ0) is 11.1. The molecule has 2 aliphatic heterocycles. The highest BCUT2D eigenvalue weighted by Gasteiger charge is 2.25. The van der Waals surface area contributed by atoms with Crippen molar-refractivity contribution in [1.29, 1.82) is 0 Å². The van der Waals surface area contributed by atoms with Gasteiger partial charge in [-0.15, -0.1) is 0 Å². The molecule has 2 saturated heterocycles. The fourth-order valence-electron chi connectivity index (χ4n) is 2.61. The first-order chi connectivity index (χ1) is 7.36. The van der Waals surface area contributed by atoms with Gasteiger partial charge >= 0.3 is 0 Å². The van der Waals surface area contributed by atoms with Gasteiger partial charge in [0.15, 0.2) is 0 Å². The van der Waals surface area contributed by atoms with E-state index in [1.54, 1.807) is 0 Å². The second-order valence-electron chi connectivity index (χ2n) is 4.59. The molecule has 0 aromatic rings. The molecule has 0 N–H and O–H groups in total. The van der Waals surface area contributed by atoms with Crippen LogP contribution in [0, 0.1) is 5.92 Å². The average Bonchev–Trinajstić information content (AvgIpc) is 2.33. The summed E-state index contributed by atoms with van der Waals surface area (Å²) in [5, 5.41) is 0. The van der Waals surface area contributed by atoms with E-state index in [1.165, 1.54) is 38.8 Å². The summed E-state index contributed by atoms with van der Waals surface area (Å²) in [5.41, 5.74) is 0. The molecule has 1 unspecified atom stereocenters. The number of nitrogens with zero attached hydrogens (tertiary/aromatic N) is 1. The first kappa shape index (κ1) is 13.0. The zero-order valence-electron chi connectivity index (χ0n) is 10.7. The minimum absolute atomic E-state index is 0.830. The molecule has 2 aliphatic rings. The number of rotatable bonds is 1. The van der Waals surface area contributed by atoms with Crippen LogP contribution in [0.15, 0.2) is 0 Å². The summed E-state index contributed by atoms with van der Waals surface area (Å²) < 4.78 is 5.39. The van der Waals surface area contributed by atoms with Crippen molar-refractivity contribution < 1.29 is 4.74 Å². The molecule has 0 aromatic carbocycles. The molecule has 2 heterocycles. The lowest BCUT2D eigenvalue weighted by atomic mass is 9.96. The van der Waals surface area contributed by atoms with Gasteiger partial charge in [0.25, 0.3) is 0 Å². The molecular formula is C13H27NO. The molecule has 0 aromatic heterocycles. The largest absolute Gasteiger partial charge is 0.381 e. The summed E-state index contributed by atoms with van der Waals surface area (Å²) in [6, 6.07) is 0.830. The summed E-state index contributed by atoms with van der Waals surface area (Å²) in [4.78, 5) is 2.69. The van der Waals surface area contributed by atoms with Gasteiger partial charge in [-0.2, -0.15) is 0 Å². The topological polar surface area (TPSA) is 12.5 Å². The van der Waals surface area contributed by atoms with E-state index in [1.807, 2.05) is 13.8 Å². The van der Waals surface area contributed by atoms with Gasteiger partial charge in [0.05, 0.1) is 0 Å². The average molecular weight is 213 g/mol. The van der Waals surface area contributed by atoms with Gasteiger partial charge in [-0.1, -0.05) is 20.8 Å². The number of hydrogen-bond donors (Lipinski definition) is 0. The van der Waals surface area contributed by atoms with Crippen LogP contribution in [0.5, 0.6) is 0 Å². The van der Waals surface area contributed by atoms with Gasteiger partial charge in [-0.25, -0.2) is 0 Å². The Morgan fingerprint density at radius 1 is 1.07 bits per heavy atom. The van der Waals surface area contributed by atoms with Gasteiger partial charge in [0.2, 0.25) is 0 Å². The number of ether oxygens (including phenoxy) is 1. The van der Waals surface area contributed by atoms with Crippen LogP contribution in [0.4, 0.5) is 0 Å². The third kappa shape index (κ3) is 4.12. The Kier molecular flexibility index (Phi) is 6.26. The first-order valence-corrected chi connectivity index (χ1v) is 6.68. The first-order valence-electron chi connectivity index (χ1n) is 6.68. The van der Waals surface area contributed by atoms with Crippen LogP contribution in [0.2, 0.25) is 0 Å². The standard InChI is InChI=1S/C11H21NO.C2H6/c1-10-3-2-6-12(9-10)11-4-7-13-8-5-11;1-2/h10-11H,2-9H2,1H3;1-2H3. The zero-order valence-corrected chi connectivity index (χ0v) is 10.7. The Morgan fingerprint density at radius 3 is 2.33 bits per heavy atom. The van der Waals surface area contributed by atoms with E-state index in [-0.39, 0.29) is 0 Å². The molecule has 2 fully saturated rings. The molecule has 0 aliphatic carbocycles. The van der Waals surface area contributed by atoms with Crippen LogP contribution in [-0.4, -0.2) is 37.2 Å². The Morgan fingerprint density at radius 2 is 1.73 bits per heavy atom. The fraction of sp³-hybridized carbons (Fsp3) is 1.00. The van der Waals surface area contributed by atoms with Crippen molar-refractivity contribution in [1.82, 2.24) is 4.90 Å². The second kappa shape index (κ2) is 7.24. The molecule has 0 spiro atoms. The Balaban J connectivity index is 0.000000531. The molecule has 2 rings (SSSR count). The van der Waals surface area contributed by atoms with Crippen molar-refractivity contribution in [2.75, 3.05) is 26.3 Å². The van der Waals surface area contributed by atoms with E-state index in [4.69, 9.17) is 4.74 Å². The van der Waals surface area contributed by atoms with Gasteiger partial charge in [-0.05, 0) is 38.1 Å². The molecular weight excluding hydrogens is 186 g/mol. The molecule has 2 nitrogen and oxygen atoms in total. The van der Waals surface area contributed by atoms with Gasteiger partial charge in [-0.3, -0.25) is 4.90 Å². The highest BCUT2D eigenvalue weighted by Crippen LogP contribution is 2.22. The predicted molar refractivity (Wildman–Crippen MR) is 65.2 cm³/mol.